The number of hydrogen-bond acceptors (Lipinski definition) is 4. The van der Waals surface area contributed by atoms with E-state index in [4.69, 9.17) is 4.74 Å². The van der Waals surface area contributed by atoms with E-state index in [-0.39, 0.29) is 6.04 Å². The molecule has 0 aliphatic heterocycles. The summed E-state index contributed by atoms with van der Waals surface area (Å²) in [6.45, 7) is 2.93. The molecular formula is C15H22N4O. The fourth-order valence-electron chi connectivity index (χ4n) is 2.14. The first-order valence-electron chi connectivity index (χ1n) is 7.00. The first kappa shape index (κ1) is 14.5. The summed E-state index contributed by atoms with van der Waals surface area (Å²) in [5, 5.41) is 11.2. The third kappa shape index (κ3) is 3.36. The highest BCUT2D eigenvalue weighted by Gasteiger charge is 2.15. The Morgan fingerprint density at radius 2 is 2.05 bits per heavy atom. The van der Waals surface area contributed by atoms with Crippen LogP contribution in [-0.4, -0.2) is 28.6 Å². The van der Waals surface area contributed by atoms with Crippen LogP contribution in [0.1, 0.15) is 37.1 Å². The Labute approximate surface area is 120 Å². The Balaban J connectivity index is 2.10. The first-order chi connectivity index (χ1) is 9.76. The smallest absolute Gasteiger partial charge is 0.119 e. The Morgan fingerprint density at radius 1 is 1.30 bits per heavy atom. The van der Waals surface area contributed by atoms with Gasteiger partial charge in [-0.15, -0.1) is 5.10 Å². The summed E-state index contributed by atoms with van der Waals surface area (Å²) in [7, 11) is 3.83. The fraction of sp³-hybridized carbons (Fsp3) is 0.467. The van der Waals surface area contributed by atoms with Gasteiger partial charge in [0.15, 0.2) is 0 Å². The SMILES string of the molecule is CCCCOc1ccc(C(NC)c2cnnn2C)cc1. The van der Waals surface area contributed by atoms with E-state index in [1.165, 1.54) is 5.56 Å². The Morgan fingerprint density at radius 3 is 2.60 bits per heavy atom. The van der Waals surface area contributed by atoms with Crippen molar-refractivity contribution in [2.75, 3.05) is 13.7 Å². The van der Waals surface area contributed by atoms with Crippen molar-refractivity contribution in [3.05, 3.63) is 41.7 Å². The van der Waals surface area contributed by atoms with Gasteiger partial charge in [0.2, 0.25) is 0 Å². The number of unbranched alkanes of at least 4 members (excludes halogenated alkanes) is 1. The van der Waals surface area contributed by atoms with Crippen LogP contribution >= 0.6 is 0 Å². The molecule has 0 fully saturated rings. The van der Waals surface area contributed by atoms with Crippen molar-refractivity contribution in [2.24, 2.45) is 7.05 Å². The van der Waals surface area contributed by atoms with Gasteiger partial charge in [-0.05, 0) is 31.2 Å². The molecule has 0 saturated heterocycles. The second-order valence-electron chi connectivity index (χ2n) is 4.78. The summed E-state index contributed by atoms with van der Waals surface area (Å²) in [4.78, 5) is 0. The second kappa shape index (κ2) is 7.05. The summed E-state index contributed by atoms with van der Waals surface area (Å²) in [5.41, 5.74) is 2.20. The number of nitrogens with one attached hydrogen (secondary N) is 1. The number of aromatic nitrogens is 3. The normalized spacial score (nSPS) is 12.3. The fourth-order valence-corrected chi connectivity index (χ4v) is 2.14. The molecule has 5 nitrogen and oxygen atoms in total. The molecule has 0 aliphatic rings. The monoisotopic (exact) mass is 274 g/mol. The molecule has 1 heterocycles. The van der Waals surface area contributed by atoms with Crippen LogP contribution in [0.3, 0.4) is 0 Å². The summed E-state index contributed by atoms with van der Waals surface area (Å²) in [6, 6.07) is 8.27. The molecule has 0 saturated carbocycles. The van der Waals surface area contributed by atoms with Crippen LogP contribution in [0.15, 0.2) is 30.5 Å². The zero-order valence-electron chi connectivity index (χ0n) is 12.3. The van der Waals surface area contributed by atoms with Gasteiger partial charge in [-0.1, -0.05) is 30.7 Å². The highest BCUT2D eigenvalue weighted by atomic mass is 16.5. The summed E-state index contributed by atoms with van der Waals surface area (Å²) < 4.78 is 7.46. The number of ether oxygens (including phenoxy) is 1. The second-order valence-corrected chi connectivity index (χ2v) is 4.78. The lowest BCUT2D eigenvalue weighted by atomic mass is 10.0. The van der Waals surface area contributed by atoms with Crippen molar-refractivity contribution in [3.63, 3.8) is 0 Å². The van der Waals surface area contributed by atoms with Gasteiger partial charge in [-0.2, -0.15) is 0 Å². The average Bonchev–Trinajstić information content (AvgIpc) is 2.88. The highest BCUT2D eigenvalue weighted by molar-refractivity contribution is 5.32. The van der Waals surface area contributed by atoms with Gasteiger partial charge in [0.05, 0.1) is 24.5 Å². The van der Waals surface area contributed by atoms with Crippen LogP contribution in [0.4, 0.5) is 0 Å². The molecule has 1 aromatic carbocycles. The van der Waals surface area contributed by atoms with Crippen LogP contribution in [-0.2, 0) is 7.05 Å². The molecule has 1 N–H and O–H groups in total. The van der Waals surface area contributed by atoms with E-state index in [1.807, 2.05) is 26.2 Å². The third-order valence-corrected chi connectivity index (χ3v) is 3.31. The molecular weight excluding hydrogens is 252 g/mol. The summed E-state index contributed by atoms with van der Waals surface area (Å²) in [5.74, 6) is 0.917. The molecule has 0 spiro atoms. The van der Waals surface area contributed by atoms with Crippen molar-refractivity contribution < 1.29 is 4.74 Å². The predicted molar refractivity (Wildman–Crippen MR) is 78.8 cm³/mol. The van der Waals surface area contributed by atoms with E-state index in [0.29, 0.717) is 0 Å². The topological polar surface area (TPSA) is 52.0 Å². The van der Waals surface area contributed by atoms with Crippen molar-refractivity contribution in [2.45, 2.75) is 25.8 Å². The molecule has 1 unspecified atom stereocenters. The first-order valence-corrected chi connectivity index (χ1v) is 7.00. The van der Waals surface area contributed by atoms with Crippen LogP contribution in [0.5, 0.6) is 5.75 Å². The van der Waals surface area contributed by atoms with Crippen LogP contribution in [0.25, 0.3) is 0 Å². The average molecular weight is 274 g/mol. The minimum atomic E-state index is 0.0830. The minimum absolute atomic E-state index is 0.0830. The van der Waals surface area contributed by atoms with Crippen LogP contribution in [0.2, 0.25) is 0 Å². The lowest BCUT2D eigenvalue weighted by Crippen LogP contribution is -2.20. The van der Waals surface area contributed by atoms with E-state index in [1.54, 1.807) is 10.9 Å². The number of aryl methyl sites for hydroxylation is 1. The maximum Gasteiger partial charge on any atom is 0.119 e. The van der Waals surface area contributed by atoms with Gasteiger partial charge in [0.25, 0.3) is 0 Å². The van der Waals surface area contributed by atoms with E-state index >= 15 is 0 Å². The number of hydrogen-bond donors (Lipinski definition) is 1. The zero-order chi connectivity index (χ0) is 14.4. The lowest BCUT2D eigenvalue weighted by molar-refractivity contribution is 0.309. The van der Waals surface area contributed by atoms with Crippen molar-refractivity contribution >= 4 is 0 Å². The van der Waals surface area contributed by atoms with Crippen molar-refractivity contribution in [3.8, 4) is 5.75 Å². The molecule has 20 heavy (non-hydrogen) atoms. The quantitative estimate of drug-likeness (QED) is 0.787. The van der Waals surface area contributed by atoms with Crippen molar-refractivity contribution in [1.82, 2.24) is 20.3 Å². The molecule has 0 amide bonds. The highest BCUT2D eigenvalue weighted by Crippen LogP contribution is 2.22. The van der Waals surface area contributed by atoms with Gasteiger partial charge in [-0.3, -0.25) is 4.68 Å². The number of nitrogens with zero attached hydrogens (tertiary/aromatic N) is 3. The maximum atomic E-state index is 5.68. The van der Waals surface area contributed by atoms with Gasteiger partial charge in [-0.25, -0.2) is 0 Å². The standard InChI is InChI=1S/C15H22N4O/c1-4-5-10-20-13-8-6-12(7-9-13)15(16-2)14-11-17-18-19(14)3/h6-9,11,15-16H,4-5,10H2,1-3H3. The summed E-state index contributed by atoms with van der Waals surface area (Å²) >= 11 is 0. The van der Waals surface area contributed by atoms with Gasteiger partial charge >= 0.3 is 0 Å². The third-order valence-electron chi connectivity index (χ3n) is 3.31. The molecule has 1 aromatic heterocycles. The molecule has 2 rings (SSSR count). The largest absolute Gasteiger partial charge is 0.494 e. The Kier molecular flexibility index (Phi) is 5.12. The molecule has 0 aliphatic carbocycles. The molecule has 5 heteroatoms. The lowest BCUT2D eigenvalue weighted by Gasteiger charge is -2.16. The van der Waals surface area contributed by atoms with Crippen LogP contribution < -0.4 is 10.1 Å². The van der Waals surface area contributed by atoms with Crippen LogP contribution in [0, 0.1) is 0 Å². The molecule has 0 radical (unpaired) electrons. The zero-order valence-corrected chi connectivity index (χ0v) is 12.3. The Bertz CT molecular complexity index is 521. The molecule has 0 bridgehead atoms. The Hall–Kier alpha value is -1.88. The molecule has 108 valence electrons. The molecule has 1 atom stereocenters. The van der Waals surface area contributed by atoms with E-state index in [2.05, 4.69) is 34.7 Å². The van der Waals surface area contributed by atoms with Gasteiger partial charge in [0.1, 0.15) is 5.75 Å². The number of benzene rings is 1. The van der Waals surface area contributed by atoms with Crippen molar-refractivity contribution in [1.29, 1.82) is 0 Å². The van der Waals surface area contributed by atoms with Gasteiger partial charge < -0.3 is 10.1 Å². The minimum Gasteiger partial charge on any atom is -0.494 e. The predicted octanol–water partition coefficient (Wildman–Crippen LogP) is 2.30. The number of rotatable bonds is 7. The molecule has 2 aromatic rings. The van der Waals surface area contributed by atoms with E-state index in [0.717, 1.165) is 30.9 Å². The summed E-state index contributed by atoms with van der Waals surface area (Å²) in [6.07, 6.45) is 4.02. The van der Waals surface area contributed by atoms with E-state index in [9.17, 15) is 0 Å². The van der Waals surface area contributed by atoms with Gasteiger partial charge in [0, 0.05) is 7.05 Å². The maximum absolute atomic E-state index is 5.68. The van der Waals surface area contributed by atoms with E-state index < -0.39 is 0 Å².